The van der Waals surface area contributed by atoms with E-state index in [0.29, 0.717) is 0 Å². The fourth-order valence-corrected chi connectivity index (χ4v) is 1.92. The summed E-state index contributed by atoms with van der Waals surface area (Å²) < 4.78 is 0. The molecule has 2 aromatic carbocycles. The minimum absolute atomic E-state index is 0.725. The normalized spacial score (nSPS) is 12.3. The van der Waals surface area contributed by atoms with Crippen molar-refractivity contribution in [3.05, 3.63) is 71.8 Å². The lowest BCUT2D eigenvalue weighted by Gasteiger charge is -2.12. The fraction of sp³-hybridized carbons (Fsp3) is 0.176. The molecule has 0 fully saturated rings. The lowest BCUT2D eigenvalue weighted by atomic mass is 10.1. The van der Waals surface area contributed by atoms with Crippen LogP contribution in [0.2, 0.25) is 0 Å². The van der Waals surface area contributed by atoms with Gasteiger partial charge in [-0.1, -0.05) is 60.7 Å². The highest BCUT2D eigenvalue weighted by atomic mass is 15.1. The van der Waals surface area contributed by atoms with Crippen LogP contribution < -0.4 is 5.32 Å². The van der Waals surface area contributed by atoms with E-state index in [9.17, 15) is 0 Å². The highest BCUT2D eigenvalue weighted by Gasteiger charge is 2.07. The van der Waals surface area contributed by atoms with Crippen LogP contribution in [0.25, 0.3) is 0 Å². The van der Waals surface area contributed by atoms with Gasteiger partial charge in [-0.3, -0.25) is 9.98 Å². The maximum Gasteiger partial charge on any atom is 0.133 e. The van der Waals surface area contributed by atoms with Crippen LogP contribution in [0.15, 0.2) is 70.6 Å². The molecule has 0 aliphatic rings. The molecule has 0 spiro atoms. The number of aliphatic imine (C=N–C) groups is 2. The Kier molecular flexibility index (Phi) is 5.07. The Bertz CT molecular complexity index is 586. The van der Waals surface area contributed by atoms with E-state index >= 15 is 0 Å². The number of nitrogens with zero attached hydrogens (tertiary/aromatic N) is 2. The van der Waals surface area contributed by atoms with Gasteiger partial charge in [-0.15, -0.1) is 0 Å². The van der Waals surface area contributed by atoms with Gasteiger partial charge in [0.15, 0.2) is 0 Å². The third-order valence-corrected chi connectivity index (χ3v) is 2.87. The molecule has 3 heteroatoms. The van der Waals surface area contributed by atoms with E-state index < -0.39 is 0 Å². The summed E-state index contributed by atoms with van der Waals surface area (Å²) in [6.45, 7) is 2.75. The topological polar surface area (TPSA) is 36.8 Å². The van der Waals surface area contributed by atoms with E-state index in [-0.39, 0.29) is 0 Å². The third kappa shape index (κ3) is 3.54. The molecule has 0 atom stereocenters. The SMILES string of the molecule is CCN=C(NC(=NC)c1ccccc1)c1ccccc1. The zero-order valence-corrected chi connectivity index (χ0v) is 11.9. The minimum atomic E-state index is 0.725. The maximum absolute atomic E-state index is 4.53. The summed E-state index contributed by atoms with van der Waals surface area (Å²) in [6, 6.07) is 20.2. The third-order valence-electron chi connectivity index (χ3n) is 2.87. The van der Waals surface area contributed by atoms with Crippen molar-refractivity contribution < 1.29 is 0 Å². The first-order chi connectivity index (χ1) is 9.85. The molecule has 102 valence electrons. The van der Waals surface area contributed by atoms with Crippen molar-refractivity contribution in [1.82, 2.24) is 5.32 Å². The number of nitrogens with one attached hydrogen (secondary N) is 1. The van der Waals surface area contributed by atoms with Crippen molar-refractivity contribution in [2.75, 3.05) is 13.6 Å². The van der Waals surface area contributed by atoms with E-state index in [0.717, 1.165) is 29.3 Å². The van der Waals surface area contributed by atoms with Crippen LogP contribution in [0.5, 0.6) is 0 Å². The van der Waals surface area contributed by atoms with Crippen molar-refractivity contribution >= 4 is 11.7 Å². The highest BCUT2D eigenvalue weighted by Crippen LogP contribution is 2.03. The molecule has 1 N–H and O–H groups in total. The number of hydrogen-bond donors (Lipinski definition) is 1. The average molecular weight is 265 g/mol. The molecule has 0 amide bonds. The Labute approximate surface area is 120 Å². The molecule has 2 rings (SSSR count). The molecule has 0 bridgehead atoms. The van der Waals surface area contributed by atoms with Gasteiger partial charge in [-0.25, -0.2) is 0 Å². The molecule has 0 unspecified atom stereocenters. The zero-order valence-electron chi connectivity index (χ0n) is 11.9. The van der Waals surface area contributed by atoms with Crippen molar-refractivity contribution in [3.8, 4) is 0 Å². The summed E-state index contributed by atoms with van der Waals surface area (Å²) in [5, 5.41) is 3.34. The van der Waals surface area contributed by atoms with Crippen LogP contribution in [0.4, 0.5) is 0 Å². The molecule has 0 heterocycles. The molecular weight excluding hydrogens is 246 g/mol. The lowest BCUT2D eigenvalue weighted by molar-refractivity contribution is 1.10. The summed E-state index contributed by atoms with van der Waals surface area (Å²) >= 11 is 0. The molecule has 0 saturated heterocycles. The fourth-order valence-electron chi connectivity index (χ4n) is 1.92. The van der Waals surface area contributed by atoms with Crippen molar-refractivity contribution in [2.24, 2.45) is 9.98 Å². The largest absolute Gasteiger partial charge is 0.325 e. The molecule has 2 aromatic rings. The Hall–Kier alpha value is -2.42. The summed E-state index contributed by atoms with van der Waals surface area (Å²) in [4.78, 5) is 8.86. The van der Waals surface area contributed by atoms with Crippen LogP contribution in [-0.2, 0) is 0 Å². The first-order valence-electron chi connectivity index (χ1n) is 6.74. The summed E-state index contributed by atoms with van der Waals surface area (Å²) in [7, 11) is 1.78. The quantitative estimate of drug-likeness (QED) is 0.672. The second-order valence-electron chi connectivity index (χ2n) is 4.25. The number of rotatable bonds is 3. The number of hydrogen-bond acceptors (Lipinski definition) is 2. The van der Waals surface area contributed by atoms with Crippen molar-refractivity contribution in [1.29, 1.82) is 0 Å². The molecular formula is C17H19N3. The molecule has 0 saturated carbocycles. The van der Waals surface area contributed by atoms with Crippen molar-refractivity contribution in [3.63, 3.8) is 0 Å². The van der Waals surface area contributed by atoms with E-state index in [1.165, 1.54) is 0 Å². The van der Waals surface area contributed by atoms with E-state index in [1.807, 2.05) is 67.6 Å². The van der Waals surface area contributed by atoms with E-state index in [1.54, 1.807) is 7.05 Å². The molecule has 0 aliphatic carbocycles. The molecule has 0 radical (unpaired) electrons. The Morgan fingerprint density at radius 1 is 0.850 bits per heavy atom. The van der Waals surface area contributed by atoms with Gasteiger partial charge in [-0.2, -0.15) is 0 Å². The van der Waals surface area contributed by atoms with Crippen LogP contribution in [0, 0.1) is 0 Å². The van der Waals surface area contributed by atoms with Gasteiger partial charge in [-0.05, 0) is 6.92 Å². The van der Waals surface area contributed by atoms with Crippen molar-refractivity contribution in [2.45, 2.75) is 6.92 Å². The highest BCUT2D eigenvalue weighted by molar-refractivity contribution is 6.14. The molecule has 0 aromatic heterocycles. The molecule has 3 nitrogen and oxygen atoms in total. The van der Waals surface area contributed by atoms with Gasteiger partial charge in [0.1, 0.15) is 11.7 Å². The first kappa shape index (κ1) is 14.0. The van der Waals surface area contributed by atoms with Crippen LogP contribution >= 0.6 is 0 Å². The van der Waals surface area contributed by atoms with Crippen LogP contribution in [0.1, 0.15) is 18.1 Å². The van der Waals surface area contributed by atoms with Gasteiger partial charge < -0.3 is 5.32 Å². The summed E-state index contributed by atoms with van der Waals surface area (Å²) in [6.07, 6.45) is 0. The van der Waals surface area contributed by atoms with Gasteiger partial charge in [0, 0.05) is 24.7 Å². The number of amidine groups is 2. The Morgan fingerprint density at radius 3 is 1.80 bits per heavy atom. The van der Waals surface area contributed by atoms with Crippen LogP contribution in [-0.4, -0.2) is 25.3 Å². The standard InChI is InChI=1S/C17H19N3/c1-3-19-17(15-12-8-5-9-13-15)20-16(18-2)14-10-6-4-7-11-14/h4-13H,3H2,1-2H3,(H,18,19,20). The van der Waals surface area contributed by atoms with Crippen LogP contribution in [0.3, 0.4) is 0 Å². The predicted molar refractivity (Wildman–Crippen MR) is 85.6 cm³/mol. The second kappa shape index (κ2) is 7.24. The minimum Gasteiger partial charge on any atom is -0.325 e. The monoisotopic (exact) mass is 265 g/mol. The van der Waals surface area contributed by atoms with Gasteiger partial charge >= 0.3 is 0 Å². The van der Waals surface area contributed by atoms with Gasteiger partial charge in [0.05, 0.1) is 0 Å². The first-order valence-corrected chi connectivity index (χ1v) is 6.74. The smallest absolute Gasteiger partial charge is 0.133 e. The second-order valence-corrected chi connectivity index (χ2v) is 4.25. The van der Waals surface area contributed by atoms with E-state index in [2.05, 4.69) is 15.3 Å². The molecule has 20 heavy (non-hydrogen) atoms. The van der Waals surface area contributed by atoms with Gasteiger partial charge in [0.2, 0.25) is 0 Å². The summed E-state index contributed by atoms with van der Waals surface area (Å²) in [5.74, 6) is 1.67. The summed E-state index contributed by atoms with van der Waals surface area (Å²) in [5.41, 5.74) is 2.11. The zero-order chi connectivity index (χ0) is 14.2. The number of benzene rings is 2. The van der Waals surface area contributed by atoms with Gasteiger partial charge in [0.25, 0.3) is 0 Å². The van der Waals surface area contributed by atoms with E-state index in [4.69, 9.17) is 0 Å². The lowest BCUT2D eigenvalue weighted by Crippen LogP contribution is -2.32. The average Bonchev–Trinajstić information content (AvgIpc) is 2.53. The Balaban J connectivity index is 2.27. The molecule has 0 aliphatic heterocycles. The predicted octanol–water partition coefficient (Wildman–Crippen LogP) is 3.12. The maximum atomic E-state index is 4.53. The Morgan fingerprint density at radius 2 is 1.35 bits per heavy atom.